The fraction of sp³-hybridized carbons (Fsp3) is 0.200. The van der Waals surface area contributed by atoms with E-state index in [1.165, 1.54) is 12.2 Å². The zero-order chi connectivity index (χ0) is 11.6. The van der Waals surface area contributed by atoms with Crippen LogP contribution in [0.5, 0.6) is 0 Å². The molecule has 0 amide bonds. The molecule has 16 heavy (non-hydrogen) atoms. The molecule has 0 spiro atoms. The number of rotatable bonds is 2. The number of benzene rings is 1. The molecule has 2 unspecified atom stereocenters. The predicted molar refractivity (Wildman–Crippen MR) is 52.5 cm³/mol. The second kappa shape index (κ2) is 3.81. The maximum atomic E-state index is 10.2. The molecule has 0 bridgehead atoms. The summed E-state index contributed by atoms with van der Waals surface area (Å²) in [6, 6.07) is 6.67. The lowest BCUT2D eigenvalue weighted by Crippen LogP contribution is -2.35. The van der Waals surface area contributed by atoms with E-state index in [0.717, 1.165) is 0 Å². The fourth-order valence-corrected chi connectivity index (χ4v) is 1.71. The maximum Gasteiger partial charge on any atom is 0.254 e. The number of fused-ring (bicyclic) bond motifs is 1. The van der Waals surface area contributed by atoms with Gasteiger partial charge in [0.25, 0.3) is 5.85 Å². The van der Waals surface area contributed by atoms with Gasteiger partial charge >= 0.3 is 0 Å². The van der Waals surface area contributed by atoms with E-state index in [4.69, 9.17) is 0 Å². The van der Waals surface area contributed by atoms with E-state index in [1.54, 1.807) is 24.3 Å². The number of hydrogen-bond donors (Lipinski definition) is 2. The molecule has 2 rings (SSSR count). The van der Waals surface area contributed by atoms with Crippen molar-refractivity contribution in [2.45, 2.75) is 12.0 Å². The van der Waals surface area contributed by atoms with Crippen molar-refractivity contribution in [2.75, 3.05) is 0 Å². The maximum absolute atomic E-state index is 10.2. The minimum absolute atomic E-state index is 0.377. The van der Waals surface area contributed by atoms with Crippen molar-refractivity contribution in [3.8, 4) is 0 Å². The van der Waals surface area contributed by atoms with Gasteiger partial charge in [-0.3, -0.25) is 0 Å². The van der Waals surface area contributed by atoms with Crippen LogP contribution in [0.3, 0.4) is 0 Å². The predicted octanol–water partition coefficient (Wildman–Crippen LogP) is 0.0626. The average molecular weight is 217 g/mol. The van der Waals surface area contributed by atoms with Gasteiger partial charge in [0.1, 0.15) is 6.17 Å². The highest BCUT2D eigenvalue weighted by Crippen LogP contribution is 2.36. The number of carbonyl (C=O) groups excluding carboxylic acids is 2. The van der Waals surface area contributed by atoms with Crippen LogP contribution in [0.1, 0.15) is 17.3 Å². The Morgan fingerprint density at radius 2 is 2.06 bits per heavy atom. The minimum Gasteiger partial charge on any atom is -0.353 e. The Hall–Kier alpha value is -2.10. The molecule has 0 fully saturated rings. The molecule has 1 aliphatic rings. The van der Waals surface area contributed by atoms with E-state index >= 15 is 0 Å². The third-order valence-electron chi connectivity index (χ3n) is 2.36. The van der Waals surface area contributed by atoms with E-state index in [0.29, 0.717) is 11.1 Å². The highest BCUT2D eigenvalue weighted by atomic mass is 16.3. The van der Waals surface area contributed by atoms with Gasteiger partial charge in [-0.05, 0) is 0 Å². The fourth-order valence-electron chi connectivity index (χ4n) is 1.71. The lowest BCUT2D eigenvalue weighted by atomic mass is 10.1. The van der Waals surface area contributed by atoms with Crippen LogP contribution < -0.4 is 5.32 Å². The first-order valence-corrected chi connectivity index (χ1v) is 4.47. The van der Waals surface area contributed by atoms with Gasteiger partial charge in [0.15, 0.2) is 0 Å². The standard InChI is InChI=1S/C10H7N3O3/c14-5-11-9-7-3-1-2-4-8(7)10(16,13-9)12-6-15/h1-4,9,13,16H. The normalized spacial score (nSPS) is 26.4. The van der Waals surface area contributed by atoms with Crippen LogP contribution in [0.15, 0.2) is 34.3 Å². The Morgan fingerprint density at radius 1 is 1.31 bits per heavy atom. The Morgan fingerprint density at radius 3 is 2.75 bits per heavy atom. The number of nitrogens with zero attached hydrogens (tertiary/aromatic N) is 2. The molecule has 6 heteroatoms. The van der Waals surface area contributed by atoms with Crippen molar-refractivity contribution >= 4 is 12.2 Å². The smallest absolute Gasteiger partial charge is 0.254 e. The summed E-state index contributed by atoms with van der Waals surface area (Å²) in [6.07, 6.45) is 1.91. The molecule has 2 N–H and O–H groups in total. The molecular weight excluding hydrogens is 210 g/mol. The molecular formula is C10H7N3O3. The molecule has 0 saturated heterocycles. The van der Waals surface area contributed by atoms with Gasteiger partial charge in [0, 0.05) is 11.1 Å². The molecule has 1 aromatic rings. The largest absolute Gasteiger partial charge is 0.353 e. The van der Waals surface area contributed by atoms with Crippen LogP contribution >= 0.6 is 0 Å². The molecule has 0 radical (unpaired) electrons. The summed E-state index contributed by atoms with van der Waals surface area (Å²) in [7, 11) is 0. The van der Waals surface area contributed by atoms with Crippen molar-refractivity contribution in [3.05, 3.63) is 35.4 Å². The summed E-state index contributed by atoms with van der Waals surface area (Å²) in [5.74, 6) is -1.87. The summed E-state index contributed by atoms with van der Waals surface area (Å²) in [5, 5.41) is 12.5. The van der Waals surface area contributed by atoms with Gasteiger partial charge in [-0.25, -0.2) is 14.9 Å². The van der Waals surface area contributed by atoms with Crippen molar-refractivity contribution in [2.24, 2.45) is 9.98 Å². The van der Waals surface area contributed by atoms with Crippen molar-refractivity contribution < 1.29 is 14.7 Å². The molecule has 1 heterocycles. The number of hydrogen-bond acceptors (Lipinski definition) is 6. The van der Waals surface area contributed by atoms with E-state index in [9.17, 15) is 14.7 Å². The van der Waals surface area contributed by atoms with E-state index in [2.05, 4.69) is 15.3 Å². The first-order chi connectivity index (χ1) is 7.71. The van der Waals surface area contributed by atoms with Crippen LogP contribution in [-0.4, -0.2) is 17.3 Å². The van der Waals surface area contributed by atoms with Gasteiger partial charge in [0.2, 0.25) is 12.2 Å². The molecule has 0 aromatic heterocycles. The first-order valence-electron chi connectivity index (χ1n) is 4.47. The lowest BCUT2D eigenvalue weighted by Gasteiger charge is -2.16. The number of isocyanates is 2. The first kappa shape index (κ1) is 10.4. The second-order valence-corrected chi connectivity index (χ2v) is 3.23. The van der Waals surface area contributed by atoms with Gasteiger partial charge in [-0.2, -0.15) is 9.98 Å². The number of aliphatic imine (C=N–C) groups is 2. The SMILES string of the molecule is O=C=NC1NC(O)(N=C=O)c2ccccc21. The molecule has 0 aliphatic carbocycles. The summed E-state index contributed by atoms with van der Waals surface area (Å²) < 4.78 is 0. The summed E-state index contributed by atoms with van der Waals surface area (Å²) in [5.41, 5.74) is 0.953. The highest BCUT2D eigenvalue weighted by Gasteiger charge is 2.42. The van der Waals surface area contributed by atoms with Crippen LogP contribution in [0.25, 0.3) is 0 Å². The Bertz CT molecular complexity index is 518. The van der Waals surface area contributed by atoms with E-state index < -0.39 is 12.0 Å². The molecule has 2 atom stereocenters. The van der Waals surface area contributed by atoms with Crippen molar-refractivity contribution in [3.63, 3.8) is 0 Å². The minimum atomic E-state index is -1.87. The number of aliphatic hydroxyl groups is 1. The Labute approximate surface area is 90.3 Å². The summed E-state index contributed by atoms with van der Waals surface area (Å²) >= 11 is 0. The van der Waals surface area contributed by atoms with Crippen LogP contribution in [0.2, 0.25) is 0 Å². The molecule has 6 nitrogen and oxygen atoms in total. The molecule has 1 aliphatic heterocycles. The van der Waals surface area contributed by atoms with Crippen LogP contribution in [0.4, 0.5) is 0 Å². The Kier molecular flexibility index (Phi) is 2.48. The summed E-state index contributed by atoms with van der Waals surface area (Å²) in [4.78, 5) is 27.2. The molecule has 0 saturated carbocycles. The monoisotopic (exact) mass is 217 g/mol. The average Bonchev–Trinajstić information content (AvgIpc) is 2.55. The highest BCUT2D eigenvalue weighted by molar-refractivity contribution is 5.45. The van der Waals surface area contributed by atoms with E-state index in [-0.39, 0.29) is 0 Å². The zero-order valence-electron chi connectivity index (χ0n) is 8.04. The van der Waals surface area contributed by atoms with Gasteiger partial charge < -0.3 is 5.11 Å². The van der Waals surface area contributed by atoms with Gasteiger partial charge in [-0.15, -0.1) is 0 Å². The lowest BCUT2D eigenvalue weighted by molar-refractivity contribution is 0.0137. The van der Waals surface area contributed by atoms with Crippen LogP contribution in [-0.2, 0) is 15.4 Å². The molecule has 80 valence electrons. The number of nitrogens with one attached hydrogen (secondary N) is 1. The Balaban J connectivity index is 2.58. The third-order valence-corrected chi connectivity index (χ3v) is 2.36. The summed E-state index contributed by atoms with van der Waals surface area (Å²) in [6.45, 7) is 0. The quantitative estimate of drug-likeness (QED) is 0.541. The molecule has 1 aromatic carbocycles. The van der Waals surface area contributed by atoms with E-state index in [1.807, 2.05) is 0 Å². The van der Waals surface area contributed by atoms with Crippen LogP contribution in [0, 0.1) is 0 Å². The van der Waals surface area contributed by atoms with Crippen molar-refractivity contribution in [1.29, 1.82) is 0 Å². The van der Waals surface area contributed by atoms with Crippen molar-refractivity contribution in [1.82, 2.24) is 5.32 Å². The zero-order valence-corrected chi connectivity index (χ0v) is 8.04. The third kappa shape index (κ3) is 1.48. The van der Waals surface area contributed by atoms with Gasteiger partial charge in [0.05, 0.1) is 0 Å². The van der Waals surface area contributed by atoms with Gasteiger partial charge in [-0.1, -0.05) is 24.3 Å². The second-order valence-electron chi connectivity index (χ2n) is 3.23. The topological polar surface area (TPSA) is 91.1 Å².